The molecule has 1 aromatic rings. The summed E-state index contributed by atoms with van der Waals surface area (Å²) in [6, 6.07) is 7.82. The number of urea groups is 1. The van der Waals surface area contributed by atoms with Crippen molar-refractivity contribution in [2.45, 2.75) is 38.8 Å². The number of nitrogens with one attached hydrogen (secondary N) is 1. The normalized spacial score (nSPS) is 19.2. The number of benzene rings is 1. The minimum absolute atomic E-state index is 0.0966. The highest BCUT2D eigenvalue weighted by Gasteiger charge is 2.28. The largest absolute Gasteiger partial charge is 0.481 e. The van der Waals surface area contributed by atoms with E-state index in [1.54, 1.807) is 4.90 Å². The summed E-state index contributed by atoms with van der Waals surface area (Å²) < 4.78 is 0. The Balaban J connectivity index is 1.36. The summed E-state index contributed by atoms with van der Waals surface area (Å²) in [6.07, 6.45) is 2.30. The van der Waals surface area contributed by atoms with Crippen molar-refractivity contribution >= 4 is 17.9 Å². The number of piperidine rings is 1. The number of hydrogen-bond acceptors (Lipinski definition) is 3. The van der Waals surface area contributed by atoms with Crippen molar-refractivity contribution in [1.29, 1.82) is 0 Å². The maximum Gasteiger partial charge on any atom is 0.317 e. The Bertz CT molecular complexity index is 666. The van der Waals surface area contributed by atoms with E-state index in [-0.39, 0.29) is 18.5 Å². The van der Waals surface area contributed by atoms with Gasteiger partial charge >= 0.3 is 12.0 Å². The van der Waals surface area contributed by atoms with Crippen LogP contribution in [0.3, 0.4) is 0 Å². The summed E-state index contributed by atoms with van der Waals surface area (Å²) in [6.45, 7) is 2.57. The molecule has 7 nitrogen and oxygen atoms in total. The molecular formula is C19H25N3O4. The summed E-state index contributed by atoms with van der Waals surface area (Å²) in [5.41, 5.74) is 2.40. The minimum atomic E-state index is -0.847. The molecular weight excluding hydrogens is 334 g/mol. The predicted octanol–water partition coefficient (Wildman–Crippen LogP) is 1.82. The van der Waals surface area contributed by atoms with Gasteiger partial charge in [0.1, 0.15) is 0 Å². The fourth-order valence-corrected chi connectivity index (χ4v) is 3.58. The SMILES string of the molecule is O=C(O)C1CCCN(C(=O)NCCCC(=O)N2Cc3ccccc3C2)C1. The molecule has 0 aliphatic carbocycles. The standard InChI is InChI=1S/C19H25N3O4/c23-17(22-11-14-5-1-2-6-15(14)12-22)8-3-9-20-19(26)21-10-4-7-16(13-21)18(24)25/h1-2,5-6,16H,3-4,7-13H2,(H,20,26)(H,24,25). The number of fused-ring (bicyclic) bond motifs is 1. The molecule has 1 unspecified atom stereocenters. The van der Waals surface area contributed by atoms with Gasteiger partial charge in [-0.05, 0) is 30.4 Å². The Labute approximate surface area is 153 Å². The lowest BCUT2D eigenvalue weighted by atomic mass is 9.99. The Morgan fingerprint density at radius 3 is 2.46 bits per heavy atom. The first-order valence-electron chi connectivity index (χ1n) is 9.14. The van der Waals surface area contributed by atoms with Gasteiger partial charge in [0.25, 0.3) is 0 Å². The lowest BCUT2D eigenvalue weighted by molar-refractivity contribution is -0.143. The Hall–Kier alpha value is -2.57. The van der Waals surface area contributed by atoms with Gasteiger partial charge in [0.15, 0.2) is 0 Å². The summed E-state index contributed by atoms with van der Waals surface area (Å²) in [5, 5.41) is 11.9. The molecule has 0 saturated carbocycles. The highest BCUT2D eigenvalue weighted by atomic mass is 16.4. The number of nitrogens with zero attached hydrogens (tertiary/aromatic N) is 2. The Morgan fingerprint density at radius 1 is 1.12 bits per heavy atom. The van der Waals surface area contributed by atoms with E-state index in [9.17, 15) is 14.4 Å². The highest BCUT2D eigenvalue weighted by molar-refractivity contribution is 5.78. The average Bonchev–Trinajstić information content (AvgIpc) is 3.09. The molecule has 0 spiro atoms. The second-order valence-electron chi connectivity index (χ2n) is 6.98. The van der Waals surface area contributed by atoms with E-state index in [1.807, 2.05) is 29.2 Å². The first-order valence-corrected chi connectivity index (χ1v) is 9.14. The monoisotopic (exact) mass is 359 g/mol. The minimum Gasteiger partial charge on any atom is -0.481 e. The van der Waals surface area contributed by atoms with Crippen molar-refractivity contribution in [1.82, 2.24) is 15.1 Å². The zero-order valence-electron chi connectivity index (χ0n) is 14.8. The van der Waals surface area contributed by atoms with E-state index >= 15 is 0 Å². The number of carbonyl (C=O) groups is 3. The quantitative estimate of drug-likeness (QED) is 0.785. The average molecular weight is 359 g/mol. The first-order chi connectivity index (χ1) is 12.5. The van der Waals surface area contributed by atoms with Crippen LogP contribution in [0.2, 0.25) is 0 Å². The van der Waals surface area contributed by atoms with Crippen molar-refractivity contribution in [3.8, 4) is 0 Å². The Kier molecular flexibility index (Phi) is 5.75. The number of rotatable bonds is 5. The van der Waals surface area contributed by atoms with E-state index < -0.39 is 11.9 Å². The molecule has 26 heavy (non-hydrogen) atoms. The zero-order chi connectivity index (χ0) is 18.5. The molecule has 2 aliphatic heterocycles. The van der Waals surface area contributed by atoms with E-state index in [0.29, 0.717) is 51.9 Å². The fraction of sp³-hybridized carbons (Fsp3) is 0.526. The summed E-state index contributed by atoms with van der Waals surface area (Å²) in [7, 11) is 0. The van der Waals surface area contributed by atoms with Gasteiger partial charge in [-0.2, -0.15) is 0 Å². The second kappa shape index (κ2) is 8.21. The molecule has 7 heteroatoms. The number of aliphatic carboxylic acids is 1. The molecule has 1 saturated heterocycles. The molecule has 140 valence electrons. The van der Waals surface area contributed by atoms with E-state index in [4.69, 9.17) is 5.11 Å². The van der Waals surface area contributed by atoms with Crippen LogP contribution in [0.5, 0.6) is 0 Å². The van der Waals surface area contributed by atoms with Crippen LogP contribution in [0.15, 0.2) is 24.3 Å². The third-order valence-electron chi connectivity index (χ3n) is 5.09. The summed E-state index contributed by atoms with van der Waals surface area (Å²) >= 11 is 0. The van der Waals surface area contributed by atoms with Crippen molar-refractivity contribution in [2.75, 3.05) is 19.6 Å². The second-order valence-corrected chi connectivity index (χ2v) is 6.98. The van der Waals surface area contributed by atoms with Gasteiger partial charge in [-0.25, -0.2) is 4.79 Å². The van der Waals surface area contributed by atoms with Crippen LogP contribution in [0.4, 0.5) is 4.79 Å². The maximum absolute atomic E-state index is 12.3. The number of carboxylic acids is 1. The van der Waals surface area contributed by atoms with Crippen LogP contribution in [0.25, 0.3) is 0 Å². The maximum atomic E-state index is 12.3. The molecule has 3 amide bonds. The van der Waals surface area contributed by atoms with Crippen LogP contribution >= 0.6 is 0 Å². The lowest BCUT2D eigenvalue weighted by Gasteiger charge is -2.30. The van der Waals surface area contributed by atoms with Gasteiger partial charge in [0, 0.05) is 39.1 Å². The predicted molar refractivity (Wildman–Crippen MR) is 95.3 cm³/mol. The Morgan fingerprint density at radius 2 is 1.81 bits per heavy atom. The zero-order valence-corrected chi connectivity index (χ0v) is 14.8. The van der Waals surface area contributed by atoms with Crippen LogP contribution in [0, 0.1) is 5.92 Å². The molecule has 3 rings (SSSR count). The number of carbonyl (C=O) groups excluding carboxylic acids is 2. The smallest absolute Gasteiger partial charge is 0.317 e. The number of carboxylic acid groups (broad SMARTS) is 1. The van der Waals surface area contributed by atoms with E-state index in [2.05, 4.69) is 5.32 Å². The van der Waals surface area contributed by atoms with Gasteiger partial charge in [0.2, 0.25) is 5.91 Å². The molecule has 2 heterocycles. The third kappa shape index (κ3) is 4.33. The molecule has 2 aliphatic rings. The molecule has 0 bridgehead atoms. The molecule has 0 aromatic heterocycles. The fourth-order valence-electron chi connectivity index (χ4n) is 3.58. The van der Waals surface area contributed by atoms with Crippen molar-refractivity contribution < 1.29 is 19.5 Å². The molecule has 1 aromatic carbocycles. The first kappa shape index (κ1) is 18.2. The molecule has 0 radical (unpaired) electrons. The number of amides is 3. The van der Waals surface area contributed by atoms with E-state index in [1.165, 1.54) is 11.1 Å². The number of likely N-dealkylation sites (tertiary alicyclic amines) is 1. The highest BCUT2D eigenvalue weighted by Crippen LogP contribution is 2.23. The van der Waals surface area contributed by atoms with Gasteiger partial charge in [-0.15, -0.1) is 0 Å². The summed E-state index contributed by atoms with van der Waals surface area (Å²) in [5.74, 6) is -1.23. The van der Waals surface area contributed by atoms with Crippen LogP contribution < -0.4 is 5.32 Å². The van der Waals surface area contributed by atoms with Crippen LogP contribution in [-0.4, -0.2) is 52.4 Å². The topological polar surface area (TPSA) is 90.0 Å². The molecule has 1 fully saturated rings. The van der Waals surface area contributed by atoms with Crippen LogP contribution in [0.1, 0.15) is 36.8 Å². The van der Waals surface area contributed by atoms with Crippen molar-refractivity contribution in [3.05, 3.63) is 35.4 Å². The van der Waals surface area contributed by atoms with Crippen LogP contribution in [-0.2, 0) is 22.7 Å². The number of hydrogen-bond donors (Lipinski definition) is 2. The van der Waals surface area contributed by atoms with Gasteiger partial charge in [-0.3, -0.25) is 9.59 Å². The van der Waals surface area contributed by atoms with Gasteiger partial charge in [0.05, 0.1) is 5.92 Å². The van der Waals surface area contributed by atoms with Gasteiger partial charge < -0.3 is 20.2 Å². The van der Waals surface area contributed by atoms with E-state index in [0.717, 1.165) is 0 Å². The molecule has 2 N–H and O–H groups in total. The van der Waals surface area contributed by atoms with Crippen molar-refractivity contribution in [3.63, 3.8) is 0 Å². The van der Waals surface area contributed by atoms with Crippen molar-refractivity contribution in [2.24, 2.45) is 5.92 Å². The summed E-state index contributed by atoms with van der Waals surface area (Å²) in [4.78, 5) is 38.9. The third-order valence-corrected chi connectivity index (χ3v) is 5.09. The van der Waals surface area contributed by atoms with Gasteiger partial charge in [-0.1, -0.05) is 24.3 Å². The lowest BCUT2D eigenvalue weighted by Crippen LogP contribution is -2.47. The molecule has 1 atom stereocenters.